The van der Waals surface area contributed by atoms with Gasteiger partial charge in [0.1, 0.15) is 35.4 Å². The Hall–Kier alpha value is -3.69. The van der Waals surface area contributed by atoms with Crippen LogP contribution in [-0.4, -0.2) is 64.1 Å². The Kier molecular flexibility index (Phi) is 5.70. The molecule has 0 atom stereocenters. The summed E-state index contributed by atoms with van der Waals surface area (Å²) < 4.78 is 11.7. The molecule has 4 heterocycles. The number of ether oxygens (including phenoxy) is 1. The summed E-state index contributed by atoms with van der Waals surface area (Å²) in [7, 11) is 0. The summed E-state index contributed by atoms with van der Waals surface area (Å²) in [5.41, 5.74) is -0.399. The van der Waals surface area contributed by atoms with E-state index < -0.39 is 11.5 Å². The Morgan fingerprint density at radius 2 is 1.94 bits per heavy atom. The van der Waals surface area contributed by atoms with Crippen molar-refractivity contribution in [2.24, 2.45) is 0 Å². The molecule has 3 aromatic heterocycles. The van der Waals surface area contributed by atoms with E-state index in [2.05, 4.69) is 14.9 Å². The van der Waals surface area contributed by atoms with Crippen molar-refractivity contribution in [3.63, 3.8) is 0 Å². The second-order valence-electron chi connectivity index (χ2n) is 7.17. The number of piperazine rings is 1. The van der Waals surface area contributed by atoms with Crippen LogP contribution in [0.4, 0.5) is 5.82 Å². The fourth-order valence-electron chi connectivity index (χ4n) is 3.67. The number of amides is 1. The van der Waals surface area contributed by atoms with Gasteiger partial charge in [0.2, 0.25) is 11.6 Å². The molecule has 10 nitrogen and oxygen atoms in total. The van der Waals surface area contributed by atoms with Crippen LogP contribution >= 0.6 is 0 Å². The van der Waals surface area contributed by atoms with Crippen molar-refractivity contribution in [3.05, 3.63) is 52.4 Å². The maximum atomic E-state index is 13.0. The average molecular weight is 425 g/mol. The second-order valence-corrected chi connectivity index (χ2v) is 7.17. The molecule has 10 heteroatoms. The minimum Gasteiger partial charge on any atom is -0.462 e. The summed E-state index contributed by atoms with van der Waals surface area (Å²) in [6, 6.07) is 5.73. The van der Waals surface area contributed by atoms with Crippen LogP contribution in [0.3, 0.4) is 0 Å². The molecular formula is C21H23N5O5. The minimum atomic E-state index is -0.646. The molecule has 0 saturated carbocycles. The lowest BCUT2D eigenvalue weighted by atomic mass is 10.2. The van der Waals surface area contributed by atoms with Crippen molar-refractivity contribution in [2.45, 2.75) is 20.4 Å². The highest BCUT2D eigenvalue weighted by molar-refractivity contribution is 6.03. The maximum Gasteiger partial charge on any atom is 0.342 e. The van der Waals surface area contributed by atoms with Gasteiger partial charge in [0.25, 0.3) is 5.56 Å². The molecule has 0 unspecified atom stereocenters. The molecule has 1 aliphatic rings. The first-order valence-corrected chi connectivity index (χ1v) is 10.1. The fraction of sp³-hybridized carbons (Fsp3) is 0.381. The van der Waals surface area contributed by atoms with Crippen molar-refractivity contribution in [1.29, 1.82) is 0 Å². The Balaban J connectivity index is 1.50. The number of rotatable bonds is 5. The first-order valence-electron chi connectivity index (χ1n) is 10.1. The van der Waals surface area contributed by atoms with Gasteiger partial charge in [0.05, 0.1) is 6.61 Å². The number of fused-ring (bicyclic) bond motifs is 1. The third-order valence-corrected chi connectivity index (χ3v) is 5.25. The van der Waals surface area contributed by atoms with Crippen LogP contribution in [0.25, 0.3) is 11.1 Å². The number of anilines is 1. The smallest absolute Gasteiger partial charge is 0.342 e. The molecule has 31 heavy (non-hydrogen) atoms. The van der Waals surface area contributed by atoms with Gasteiger partial charge in [-0.15, -0.1) is 0 Å². The van der Waals surface area contributed by atoms with E-state index in [4.69, 9.17) is 9.15 Å². The molecule has 3 aromatic rings. The molecule has 0 radical (unpaired) electrons. The standard InChI is InChI=1S/C21H23N5O5/c1-3-30-21(29)17-14(2)31-19-18(17)20(28)26(13-23-19)12-16(27)25-10-8-24(9-11-25)15-6-4-5-7-22-15/h4-7,13H,3,8-12H2,1-2H3. The number of carbonyl (C=O) groups is 2. The van der Waals surface area contributed by atoms with E-state index in [9.17, 15) is 14.4 Å². The van der Waals surface area contributed by atoms with E-state index in [1.807, 2.05) is 18.2 Å². The number of furan rings is 1. The zero-order valence-electron chi connectivity index (χ0n) is 17.4. The largest absolute Gasteiger partial charge is 0.462 e. The van der Waals surface area contributed by atoms with Gasteiger partial charge in [-0.25, -0.2) is 14.8 Å². The number of aromatic nitrogens is 3. The number of nitrogens with zero attached hydrogens (tertiary/aromatic N) is 5. The van der Waals surface area contributed by atoms with E-state index in [1.165, 1.54) is 10.9 Å². The predicted molar refractivity (Wildman–Crippen MR) is 112 cm³/mol. The van der Waals surface area contributed by atoms with Crippen LogP contribution in [0.5, 0.6) is 0 Å². The monoisotopic (exact) mass is 425 g/mol. The lowest BCUT2D eigenvalue weighted by Crippen LogP contribution is -2.50. The van der Waals surface area contributed by atoms with Crippen molar-refractivity contribution < 1.29 is 18.7 Å². The third-order valence-electron chi connectivity index (χ3n) is 5.25. The first-order chi connectivity index (χ1) is 15.0. The van der Waals surface area contributed by atoms with Crippen LogP contribution in [-0.2, 0) is 16.1 Å². The van der Waals surface area contributed by atoms with Gasteiger partial charge in [-0.3, -0.25) is 14.2 Å². The molecule has 162 valence electrons. The topological polar surface area (TPSA) is 111 Å². The quantitative estimate of drug-likeness (QED) is 0.561. The van der Waals surface area contributed by atoms with Crippen LogP contribution in [0.15, 0.2) is 39.9 Å². The Labute approximate surface area is 178 Å². The first kappa shape index (κ1) is 20.6. The van der Waals surface area contributed by atoms with Crippen LogP contribution in [0.1, 0.15) is 23.0 Å². The Morgan fingerprint density at radius 1 is 1.16 bits per heavy atom. The summed E-state index contributed by atoms with van der Waals surface area (Å²) >= 11 is 0. The Bertz CT molecular complexity index is 1160. The summed E-state index contributed by atoms with van der Waals surface area (Å²) in [6.07, 6.45) is 3.01. The van der Waals surface area contributed by atoms with Gasteiger partial charge in [0, 0.05) is 32.4 Å². The summed E-state index contributed by atoms with van der Waals surface area (Å²) in [4.78, 5) is 50.4. The number of hydrogen-bond donors (Lipinski definition) is 0. The summed E-state index contributed by atoms with van der Waals surface area (Å²) in [5, 5.41) is 0.0335. The number of hydrogen-bond acceptors (Lipinski definition) is 8. The minimum absolute atomic E-state index is 0.0335. The molecule has 0 aliphatic carbocycles. The molecular weight excluding hydrogens is 402 g/mol. The second kappa shape index (κ2) is 8.58. The summed E-state index contributed by atoms with van der Waals surface area (Å²) in [6.45, 7) is 5.62. The lowest BCUT2D eigenvalue weighted by Gasteiger charge is -2.35. The molecule has 1 aliphatic heterocycles. The molecule has 1 fully saturated rings. The zero-order chi connectivity index (χ0) is 22.0. The molecule has 1 amide bonds. The van der Waals surface area contributed by atoms with Crippen molar-refractivity contribution in [3.8, 4) is 0 Å². The highest BCUT2D eigenvalue weighted by atomic mass is 16.5. The number of esters is 1. The van der Waals surface area contributed by atoms with Crippen LogP contribution < -0.4 is 10.5 Å². The zero-order valence-corrected chi connectivity index (χ0v) is 17.4. The number of pyridine rings is 1. The van der Waals surface area contributed by atoms with Gasteiger partial charge in [-0.1, -0.05) is 6.07 Å². The van der Waals surface area contributed by atoms with Crippen molar-refractivity contribution in [1.82, 2.24) is 19.4 Å². The van der Waals surface area contributed by atoms with Gasteiger partial charge in [0.15, 0.2) is 0 Å². The number of aryl methyl sites for hydroxylation is 1. The fourth-order valence-corrected chi connectivity index (χ4v) is 3.67. The third kappa shape index (κ3) is 4.00. The average Bonchev–Trinajstić information content (AvgIpc) is 3.13. The Morgan fingerprint density at radius 3 is 2.61 bits per heavy atom. The van der Waals surface area contributed by atoms with E-state index in [0.717, 1.165) is 5.82 Å². The molecule has 0 N–H and O–H groups in total. The highest BCUT2D eigenvalue weighted by Crippen LogP contribution is 2.21. The maximum absolute atomic E-state index is 13.0. The van der Waals surface area contributed by atoms with E-state index in [1.54, 1.807) is 24.9 Å². The van der Waals surface area contributed by atoms with Crippen molar-refractivity contribution in [2.75, 3.05) is 37.7 Å². The molecule has 0 bridgehead atoms. The molecule has 1 saturated heterocycles. The van der Waals surface area contributed by atoms with Gasteiger partial charge in [-0.05, 0) is 26.0 Å². The lowest BCUT2D eigenvalue weighted by molar-refractivity contribution is -0.132. The SMILES string of the molecule is CCOC(=O)c1c(C)oc2ncn(CC(=O)N3CCN(c4ccccn4)CC3)c(=O)c12. The van der Waals surface area contributed by atoms with Crippen LogP contribution in [0.2, 0.25) is 0 Å². The van der Waals surface area contributed by atoms with E-state index in [-0.39, 0.29) is 41.5 Å². The molecule has 0 spiro atoms. The normalized spacial score (nSPS) is 14.1. The van der Waals surface area contributed by atoms with E-state index >= 15 is 0 Å². The van der Waals surface area contributed by atoms with Crippen LogP contribution in [0, 0.1) is 6.92 Å². The van der Waals surface area contributed by atoms with Gasteiger partial charge >= 0.3 is 5.97 Å². The van der Waals surface area contributed by atoms with Gasteiger partial charge < -0.3 is 19.0 Å². The number of carbonyl (C=O) groups excluding carboxylic acids is 2. The van der Waals surface area contributed by atoms with Gasteiger partial charge in [-0.2, -0.15) is 0 Å². The predicted octanol–water partition coefficient (Wildman–Crippen LogP) is 1.22. The van der Waals surface area contributed by atoms with Crippen molar-refractivity contribution >= 4 is 28.8 Å². The molecule has 0 aromatic carbocycles. The summed E-state index contributed by atoms with van der Waals surface area (Å²) in [5.74, 6) is 0.296. The van der Waals surface area contributed by atoms with E-state index in [0.29, 0.717) is 26.2 Å². The molecule has 4 rings (SSSR count). The highest BCUT2D eigenvalue weighted by Gasteiger charge is 2.26.